The standard InChI is InChI=1S/C20H20N8OS/c21-18-13-3-1-2-4-16(13)28(26-18)20-25-15(12-30-20)19(29)24-14-11-23-6-5-17(14)27-9-7-22-8-10-27/h1-6,11-12,22H,7-10H2,(H2,21,26)(H,24,29). The van der Waals surface area contributed by atoms with Gasteiger partial charge in [0.05, 0.1) is 23.1 Å². The third-order valence-electron chi connectivity index (χ3n) is 5.03. The van der Waals surface area contributed by atoms with E-state index in [4.69, 9.17) is 5.73 Å². The first-order valence-electron chi connectivity index (χ1n) is 9.61. The van der Waals surface area contributed by atoms with Crippen molar-refractivity contribution in [2.24, 2.45) is 0 Å². The first-order chi connectivity index (χ1) is 14.7. The van der Waals surface area contributed by atoms with Crippen LogP contribution in [0.25, 0.3) is 16.0 Å². The SMILES string of the molecule is Nc1nn(-c2nc(C(=O)Nc3cnccc3N3CCNCC3)cs2)c2ccccc12. The lowest BCUT2D eigenvalue weighted by Gasteiger charge is -2.30. The van der Waals surface area contributed by atoms with Gasteiger partial charge in [0.1, 0.15) is 5.69 Å². The lowest BCUT2D eigenvalue weighted by molar-refractivity contribution is 0.102. The van der Waals surface area contributed by atoms with Gasteiger partial charge < -0.3 is 21.3 Å². The summed E-state index contributed by atoms with van der Waals surface area (Å²) in [4.78, 5) is 23.8. The van der Waals surface area contributed by atoms with Crippen LogP contribution in [-0.4, -0.2) is 51.8 Å². The van der Waals surface area contributed by atoms with Crippen LogP contribution >= 0.6 is 11.3 Å². The van der Waals surface area contributed by atoms with Crippen LogP contribution in [0.15, 0.2) is 48.1 Å². The van der Waals surface area contributed by atoms with Gasteiger partial charge in [-0.2, -0.15) is 0 Å². The molecule has 1 fully saturated rings. The van der Waals surface area contributed by atoms with E-state index in [9.17, 15) is 4.79 Å². The largest absolute Gasteiger partial charge is 0.382 e. The molecule has 30 heavy (non-hydrogen) atoms. The third-order valence-corrected chi connectivity index (χ3v) is 5.84. The van der Waals surface area contributed by atoms with Crippen molar-refractivity contribution in [3.8, 4) is 5.13 Å². The molecule has 152 valence electrons. The second-order valence-corrected chi connectivity index (χ2v) is 7.75. The van der Waals surface area contributed by atoms with Crippen LogP contribution in [0, 0.1) is 0 Å². The molecule has 1 aliphatic rings. The quantitative estimate of drug-likeness (QED) is 0.463. The lowest BCUT2D eigenvalue weighted by atomic mass is 10.2. The summed E-state index contributed by atoms with van der Waals surface area (Å²) in [5.41, 5.74) is 8.83. The molecule has 1 amide bonds. The van der Waals surface area contributed by atoms with Crippen molar-refractivity contribution in [1.82, 2.24) is 25.1 Å². The van der Waals surface area contributed by atoms with Gasteiger partial charge in [-0.25, -0.2) is 9.67 Å². The van der Waals surface area contributed by atoms with Gasteiger partial charge in [-0.3, -0.25) is 9.78 Å². The van der Waals surface area contributed by atoms with Gasteiger partial charge in [0.15, 0.2) is 5.82 Å². The first kappa shape index (κ1) is 18.5. The molecule has 10 heteroatoms. The number of pyridine rings is 1. The van der Waals surface area contributed by atoms with Crippen molar-refractivity contribution >= 4 is 45.3 Å². The number of piperazine rings is 1. The van der Waals surface area contributed by atoms with Crippen LogP contribution in [0.4, 0.5) is 17.2 Å². The first-order valence-corrected chi connectivity index (χ1v) is 10.5. The number of hydrogen-bond donors (Lipinski definition) is 3. The summed E-state index contributed by atoms with van der Waals surface area (Å²) in [5, 5.41) is 13.8. The second kappa shape index (κ2) is 7.73. The summed E-state index contributed by atoms with van der Waals surface area (Å²) >= 11 is 1.34. The van der Waals surface area contributed by atoms with E-state index in [2.05, 4.69) is 30.6 Å². The van der Waals surface area contributed by atoms with Gasteiger partial charge in [-0.1, -0.05) is 12.1 Å². The van der Waals surface area contributed by atoms with Crippen LogP contribution < -0.4 is 21.3 Å². The fourth-order valence-electron chi connectivity index (χ4n) is 3.55. The van der Waals surface area contributed by atoms with Crippen molar-refractivity contribution < 1.29 is 4.79 Å². The molecule has 3 aromatic heterocycles. The maximum atomic E-state index is 12.9. The van der Waals surface area contributed by atoms with Gasteiger partial charge in [0.2, 0.25) is 5.13 Å². The summed E-state index contributed by atoms with van der Waals surface area (Å²) in [7, 11) is 0. The summed E-state index contributed by atoms with van der Waals surface area (Å²) in [6, 6.07) is 9.59. The number of aromatic nitrogens is 4. The minimum absolute atomic E-state index is 0.286. The highest BCUT2D eigenvalue weighted by Gasteiger charge is 2.19. The van der Waals surface area contributed by atoms with Crippen LogP contribution in [0.3, 0.4) is 0 Å². The van der Waals surface area contributed by atoms with Crippen molar-refractivity contribution in [1.29, 1.82) is 0 Å². The van der Waals surface area contributed by atoms with Gasteiger partial charge in [-0.15, -0.1) is 16.4 Å². The predicted molar refractivity (Wildman–Crippen MR) is 118 cm³/mol. The van der Waals surface area contributed by atoms with E-state index in [1.54, 1.807) is 22.5 Å². The normalized spacial score (nSPS) is 14.2. The van der Waals surface area contributed by atoms with Crippen molar-refractivity contribution in [2.75, 3.05) is 42.1 Å². The fraction of sp³-hybridized carbons (Fsp3) is 0.200. The highest BCUT2D eigenvalue weighted by Crippen LogP contribution is 2.27. The highest BCUT2D eigenvalue weighted by molar-refractivity contribution is 7.12. The second-order valence-electron chi connectivity index (χ2n) is 6.91. The molecule has 4 heterocycles. The van der Waals surface area contributed by atoms with Crippen LogP contribution in [0.1, 0.15) is 10.5 Å². The number of para-hydroxylation sites is 1. The molecule has 0 bridgehead atoms. The zero-order valence-electron chi connectivity index (χ0n) is 16.1. The number of nitrogens with zero attached hydrogens (tertiary/aromatic N) is 5. The Hall–Kier alpha value is -3.50. The number of carbonyl (C=O) groups excluding carboxylic acids is 1. The molecule has 1 aliphatic heterocycles. The van der Waals surface area contributed by atoms with E-state index in [1.165, 1.54) is 11.3 Å². The van der Waals surface area contributed by atoms with Crippen molar-refractivity contribution in [3.63, 3.8) is 0 Å². The molecule has 9 nitrogen and oxygen atoms in total. The van der Waals surface area contributed by atoms with E-state index in [0.717, 1.165) is 42.8 Å². The molecule has 0 spiro atoms. The molecule has 0 aliphatic carbocycles. The Morgan fingerprint density at radius 3 is 2.90 bits per heavy atom. The number of benzene rings is 1. The van der Waals surface area contributed by atoms with E-state index in [1.807, 2.05) is 30.3 Å². The summed E-state index contributed by atoms with van der Waals surface area (Å²) in [6.45, 7) is 3.57. The molecule has 4 aromatic rings. The molecule has 0 radical (unpaired) electrons. The van der Waals surface area contributed by atoms with Crippen molar-refractivity contribution in [3.05, 3.63) is 53.8 Å². The molecule has 0 saturated carbocycles. The van der Waals surface area contributed by atoms with Crippen LogP contribution in [0.2, 0.25) is 0 Å². The molecular weight excluding hydrogens is 400 g/mol. The highest BCUT2D eigenvalue weighted by atomic mass is 32.1. The Kier molecular flexibility index (Phi) is 4.77. The third kappa shape index (κ3) is 3.36. The molecule has 1 saturated heterocycles. The maximum Gasteiger partial charge on any atom is 0.275 e. The molecule has 5 rings (SSSR count). The number of rotatable bonds is 4. The summed E-state index contributed by atoms with van der Waals surface area (Å²) in [6.07, 6.45) is 3.41. The average molecular weight is 421 g/mol. The number of nitrogens with two attached hydrogens (primary N) is 1. The molecule has 4 N–H and O–H groups in total. The number of nitrogen functional groups attached to an aromatic ring is 1. The molecule has 0 unspecified atom stereocenters. The summed E-state index contributed by atoms with van der Waals surface area (Å²) in [5.74, 6) is 0.147. The number of fused-ring (bicyclic) bond motifs is 1. The van der Waals surface area contributed by atoms with Crippen LogP contribution in [0.5, 0.6) is 0 Å². The number of thiazole rings is 1. The molecule has 1 aromatic carbocycles. The van der Waals surface area contributed by atoms with Crippen LogP contribution in [-0.2, 0) is 0 Å². The number of carbonyl (C=O) groups is 1. The Morgan fingerprint density at radius 2 is 2.03 bits per heavy atom. The number of hydrogen-bond acceptors (Lipinski definition) is 8. The fourth-order valence-corrected chi connectivity index (χ4v) is 4.32. The Balaban J connectivity index is 1.40. The predicted octanol–water partition coefficient (Wildman–Crippen LogP) is 2.12. The lowest BCUT2D eigenvalue weighted by Crippen LogP contribution is -2.43. The maximum absolute atomic E-state index is 12.9. The molecular formula is C20H20N8OS. The number of anilines is 3. The van der Waals surface area contributed by atoms with Gasteiger partial charge in [-0.05, 0) is 18.2 Å². The van der Waals surface area contributed by atoms with E-state index in [-0.39, 0.29) is 5.91 Å². The number of nitrogens with one attached hydrogen (secondary N) is 2. The molecule has 0 atom stereocenters. The average Bonchev–Trinajstić information content (AvgIpc) is 3.40. The smallest absolute Gasteiger partial charge is 0.275 e. The van der Waals surface area contributed by atoms with E-state index < -0.39 is 0 Å². The van der Waals surface area contributed by atoms with E-state index in [0.29, 0.717) is 22.3 Å². The zero-order valence-corrected chi connectivity index (χ0v) is 16.9. The topological polar surface area (TPSA) is 114 Å². The Labute approximate surface area is 176 Å². The van der Waals surface area contributed by atoms with Crippen molar-refractivity contribution in [2.45, 2.75) is 0 Å². The minimum Gasteiger partial charge on any atom is -0.382 e. The summed E-state index contributed by atoms with van der Waals surface area (Å²) < 4.78 is 1.67. The zero-order chi connectivity index (χ0) is 20.5. The van der Waals surface area contributed by atoms with Gasteiger partial charge >= 0.3 is 0 Å². The Bertz CT molecular complexity index is 1210. The van der Waals surface area contributed by atoms with E-state index >= 15 is 0 Å². The van der Waals surface area contributed by atoms with Gasteiger partial charge in [0, 0.05) is 43.1 Å². The number of amides is 1. The Morgan fingerprint density at radius 1 is 1.20 bits per heavy atom. The minimum atomic E-state index is -0.286. The monoisotopic (exact) mass is 420 g/mol. The van der Waals surface area contributed by atoms with Gasteiger partial charge in [0.25, 0.3) is 5.91 Å².